The average Bonchev–Trinajstić information content (AvgIpc) is 2.48. The lowest BCUT2D eigenvalue weighted by atomic mass is 10.2. The van der Waals surface area contributed by atoms with E-state index in [0.717, 1.165) is 23.6 Å². The number of rotatable bonds is 6. The number of nitrogens with one attached hydrogen (secondary N) is 1. The van der Waals surface area contributed by atoms with Gasteiger partial charge < -0.3 is 10.1 Å². The minimum absolute atomic E-state index is 0.511. The third kappa shape index (κ3) is 3.90. The first-order chi connectivity index (χ1) is 9.83. The minimum Gasteiger partial charge on any atom is -0.437 e. The Labute approximate surface area is 119 Å². The first kappa shape index (κ1) is 14.2. The smallest absolute Gasteiger partial charge is 0.238 e. The molecule has 0 amide bonds. The lowest BCUT2D eigenvalue weighted by Crippen LogP contribution is -2.13. The lowest BCUT2D eigenvalue weighted by molar-refractivity contribution is 0.455. The van der Waals surface area contributed by atoms with Gasteiger partial charge in [-0.2, -0.15) is 0 Å². The Morgan fingerprint density at radius 2 is 2.10 bits per heavy atom. The summed E-state index contributed by atoms with van der Waals surface area (Å²) in [6, 6.07) is 7.85. The van der Waals surface area contributed by atoms with Gasteiger partial charge in [0.05, 0.1) is 11.9 Å². The van der Waals surface area contributed by atoms with Gasteiger partial charge in [0.2, 0.25) is 5.88 Å². The second-order valence-corrected chi connectivity index (χ2v) is 4.27. The summed E-state index contributed by atoms with van der Waals surface area (Å²) in [4.78, 5) is 8.60. The van der Waals surface area contributed by atoms with Gasteiger partial charge in [-0.3, -0.25) is 4.98 Å². The maximum atomic E-state index is 5.83. The molecule has 0 saturated carbocycles. The van der Waals surface area contributed by atoms with Crippen LogP contribution in [-0.4, -0.2) is 16.5 Å². The van der Waals surface area contributed by atoms with Crippen molar-refractivity contribution in [3.05, 3.63) is 54.0 Å². The SMILES string of the molecule is CC=Cc1ccccc1Oc1cncc(CNCC)n1. The van der Waals surface area contributed by atoms with E-state index in [-0.39, 0.29) is 0 Å². The summed E-state index contributed by atoms with van der Waals surface area (Å²) in [6.07, 6.45) is 7.36. The molecule has 20 heavy (non-hydrogen) atoms. The van der Waals surface area contributed by atoms with Crippen molar-refractivity contribution in [3.63, 3.8) is 0 Å². The molecule has 2 rings (SSSR count). The van der Waals surface area contributed by atoms with E-state index in [1.807, 2.05) is 43.3 Å². The van der Waals surface area contributed by atoms with E-state index in [1.165, 1.54) is 0 Å². The van der Waals surface area contributed by atoms with Crippen LogP contribution >= 0.6 is 0 Å². The normalized spacial score (nSPS) is 10.9. The second-order valence-electron chi connectivity index (χ2n) is 4.27. The van der Waals surface area contributed by atoms with E-state index in [4.69, 9.17) is 4.74 Å². The van der Waals surface area contributed by atoms with Gasteiger partial charge in [0.25, 0.3) is 0 Å². The highest BCUT2D eigenvalue weighted by Gasteiger charge is 2.04. The molecule has 1 aromatic carbocycles. The van der Waals surface area contributed by atoms with E-state index >= 15 is 0 Å². The maximum absolute atomic E-state index is 5.83. The van der Waals surface area contributed by atoms with Crippen LogP contribution < -0.4 is 10.1 Å². The molecule has 2 aromatic rings. The first-order valence-electron chi connectivity index (χ1n) is 6.74. The zero-order chi connectivity index (χ0) is 14.2. The maximum Gasteiger partial charge on any atom is 0.238 e. The summed E-state index contributed by atoms with van der Waals surface area (Å²) in [5.74, 6) is 1.29. The number of aromatic nitrogens is 2. The minimum atomic E-state index is 0.511. The number of hydrogen-bond acceptors (Lipinski definition) is 4. The third-order valence-electron chi connectivity index (χ3n) is 2.70. The average molecular weight is 269 g/mol. The summed E-state index contributed by atoms with van der Waals surface area (Å²) < 4.78 is 5.83. The van der Waals surface area contributed by atoms with Crippen LogP contribution in [-0.2, 0) is 6.54 Å². The van der Waals surface area contributed by atoms with Crippen LogP contribution in [0.3, 0.4) is 0 Å². The topological polar surface area (TPSA) is 47.0 Å². The first-order valence-corrected chi connectivity index (χ1v) is 6.74. The van der Waals surface area contributed by atoms with Crippen molar-refractivity contribution in [2.75, 3.05) is 6.54 Å². The molecule has 0 spiro atoms. The van der Waals surface area contributed by atoms with Gasteiger partial charge >= 0.3 is 0 Å². The van der Waals surface area contributed by atoms with Crippen LogP contribution in [0, 0.1) is 0 Å². The largest absolute Gasteiger partial charge is 0.437 e. The molecule has 4 heteroatoms. The van der Waals surface area contributed by atoms with Crippen LogP contribution in [0.4, 0.5) is 0 Å². The number of hydrogen-bond donors (Lipinski definition) is 1. The number of para-hydroxylation sites is 1. The Hall–Kier alpha value is -2.20. The molecule has 1 N–H and O–H groups in total. The van der Waals surface area contributed by atoms with Crippen LogP contribution in [0.25, 0.3) is 6.08 Å². The van der Waals surface area contributed by atoms with Crippen molar-refractivity contribution >= 4 is 6.08 Å². The van der Waals surface area contributed by atoms with Crippen molar-refractivity contribution < 1.29 is 4.74 Å². The van der Waals surface area contributed by atoms with E-state index in [9.17, 15) is 0 Å². The van der Waals surface area contributed by atoms with Gasteiger partial charge in [-0.15, -0.1) is 0 Å². The van der Waals surface area contributed by atoms with Crippen molar-refractivity contribution in [1.82, 2.24) is 15.3 Å². The highest BCUT2D eigenvalue weighted by atomic mass is 16.5. The van der Waals surface area contributed by atoms with Crippen LogP contribution in [0.1, 0.15) is 25.1 Å². The Balaban J connectivity index is 2.17. The van der Waals surface area contributed by atoms with Crippen LogP contribution in [0.5, 0.6) is 11.6 Å². The molecule has 0 saturated heterocycles. The molecule has 104 valence electrons. The Kier molecular flexibility index (Phi) is 5.26. The summed E-state index contributed by atoms with van der Waals surface area (Å²) in [5, 5.41) is 3.22. The van der Waals surface area contributed by atoms with Crippen molar-refractivity contribution in [3.8, 4) is 11.6 Å². The van der Waals surface area contributed by atoms with Crippen LogP contribution in [0.15, 0.2) is 42.7 Å². The monoisotopic (exact) mass is 269 g/mol. The van der Waals surface area contributed by atoms with Crippen molar-refractivity contribution in [1.29, 1.82) is 0 Å². The van der Waals surface area contributed by atoms with Crippen molar-refractivity contribution in [2.45, 2.75) is 20.4 Å². The lowest BCUT2D eigenvalue weighted by Gasteiger charge is -2.08. The fraction of sp³-hybridized carbons (Fsp3) is 0.250. The van der Waals surface area contributed by atoms with Gasteiger partial charge in [-0.1, -0.05) is 37.3 Å². The predicted octanol–water partition coefficient (Wildman–Crippen LogP) is 3.41. The number of nitrogens with zero attached hydrogens (tertiary/aromatic N) is 2. The Bertz CT molecular complexity index is 581. The second kappa shape index (κ2) is 7.40. The highest BCUT2D eigenvalue weighted by Crippen LogP contribution is 2.24. The molecule has 0 bridgehead atoms. The van der Waals surface area contributed by atoms with E-state index in [2.05, 4.69) is 22.2 Å². The van der Waals surface area contributed by atoms with E-state index in [0.29, 0.717) is 12.4 Å². The molecular weight excluding hydrogens is 250 g/mol. The predicted molar refractivity (Wildman–Crippen MR) is 80.6 cm³/mol. The zero-order valence-electron chi connectivity index (χ0n) is 11.8. The zero-order valence-corrected chi connectivity index (χ0v) is 11.8. The summed E-state index contributed by atoms with van der Waals surface area (Å²) in [7, 11) is 0. The molecule has 0 aliphatic carbocycles. The van der Waals surface area contributed by atoms with Gasteiger partial charge in [-0.05, 0) is 19.5 Å². The molecule has 0 radical (unpaired) electrons. The molecule has 0 unspecified atom stereocenters. The standard InChI is InChI=1S/C16H19N3O/c1-3-7-13-8-5-6-9-15(13)20-16-12-18-11-14(19-16)10-17-4-2/h3,5-9,11-12,17H,4,10H2,1-2H3. The Morgan fingerprint density at radius 1 is 1.25 bits per heavy atom. The molecule has 4 nitrogen and oxygen atoms in total. The number of allylic oxidation sites excluding steroid dienone is 1. The molecule has 1 aromatic heterocycles. The molecular formula is C16H19N3O. The summed E-state index contributed by atoms with van der Waals surface area (Å²) >= 11 is 0. The van der Waals surface area contributed by atoms with Crippen LogP contribution in [0.2, 0.25) is 0 Å². The van der Waals surface area contributed by atoms with E-state index in [1.54, 1.807) is 12.4 Å². The van der Waals surface area contributed by atoms with Gasteiger partial charge in [0.15, 0.2) is 0 Å². The van der Waals surface area contributed by atoms with Gasteiger partial charge in [-0.25, -0.2) is 4.98 Å². The van der Waals surface area contributed by atoms with Gasteiger partial charge in [0, 0.05) is 18.3 Å². The summed E-state index contributed by atoms with van der Waals surface area (Å²) in [5.41, 5.74) is 1.89. The molecule has 0 aliphatic rings. The molecule has 0 fully saturated rings. The quantitative estimate of drug-likeness (QED) is 0.873. The Morgan fingerprint density at radius 3 is 2.90 bits per heavy atom. The highest BCUT2D eigenvalue weighted by molar-refractivity contribution is 5.57. The summed E-state index contributed by atoms with van der Waals surface area (Å²) in [6.45, 7) is 5.63. The number of benzene rings is 1. The van der Waals surface area contributed by atoms with E-state index < -0.39 is 0 Å². The molecule has 0 aliphatic heterocycles. The fourth-order valence-corrected chi connectivity index (χ4v) is 1.78. The number of ether oxygens (including phenoxy) is 1. The molecule has 0 atom stereocenters. The fourth-order valence-electron chi connectivity index (χ4n) is 1.78. The van der Waals surface area contributed by atoms with Gasteiger partial charge in [0.1, 0.15) is 5.75 Å². The third-order valence-corrected chi connectivity index (χ3v) is 2.70. The molecule has 1 heterocycles. The van der Waals surface area contributed by atoms with Crippen molar-refractivity contribution in [2.24, 2.45) is 0 Å².